The minimum atomic E-state index is -0.966. The average Bonchev–Trinajstić information content (AvgIpc) is 2.53. The number of hydrogen-bond acceptors (Lipinski definition) is 4. The molecule has 1 unspecified atom stereocenters. The van der Waals surface area contributed by atoms with Crippen molar-refractivity contribution < 1.29 is 15.0 Å². The van der Waals surface area contributed by atoms with Crippen LogP contribution >= 0.6 is 11.3 Å². The second-order valence-corrected chi connectivity index (χ2v) is 4.36. The lowest BCUT2D eigenvalue weighted by Gasteiger charge is -2.18. The molecular formula is C10H15NO3S. The first-order chi connectivity index (χ1) is 7.08. The monoisotopic (exact) mass is 229 g/mol. The van der Waals surface area contributed by atoms with Crippen molar-refractivity contribution in [2.75, 3.05) is 13.6 Å². The van der Waals surface area contributed by atoms with Gasteiger partial charge in [0.1, 0.15) is 0 Å². The van der Waals surface area contributed by atoms with E-state index >= 15 is 0 Å². The maximum atomic E-state index is 10.3. The van der Waals surface area contributed by atoms with Gasteiger partial charge in [-0.3, -0.25) is 9.69 Å². The van der Waals surface area contributed by atoms with Gasteiger partial charge in [0.15, 0.2) is 0 Å². The number of carboxylic acids is 1. The Morgan fingerprint density at radius 1 is 1.67 bits per heavy atom. The highest BCUT2D eigenvalue weighted by Gasteiger charge is 2.12. The van der Waals surface area contributed by atoms with Crippen LogP contribution in [0.3, 0.4) is 0 Å². The summed E-state index contributed by atoms with van der Waals surface area (Å²) in [5.41, 5.74) is 1.19. The fraction of sp³-hybridized carbons (Fsp3) is 0.500. The van der Waals surface area contributed by atoms with E-state index in [0.29, 0.717) is 6.54 Å². The Kier molecular flexibility index (Phi) is 4.74. The van der Waals surface area contributed by atoms with Crippen molar-refractivity contribution in [3.05, 3.63) is 22.4 Å². The summed E-state index contributed by atoms with van der Waals surface area (Å²) in [5, 5.41) is 21.9. The summed E-state index contributed by atoms with van der Waals surface area (Å²) in [7, 11) is 1.86. The van der Waals surface area contributed by atoms with Gasteiger partial charge in [-0.25, -0.2) is 0 Å². The Labute approximate surface area is 92.8 Å². The Bertz CT molecular complexity index is 300. The first kappa shape index (κ1) is 12.2. The van der Waals surface area contributed by atoms with Crippen molar-refractivity contribution in [2.45, 2.75) is 19.1 Å². The van der Waals surface area contributed by atoms with Crippen molar-refractivity contribution >= 4 is 17.3 Å². The molecule has 1 heterocycles. The standard InChI is InChI=1S/C10H15NO3S/c1-11(5-8-2-3-15-7-8)6-9(12)4-10(13)14/h2-3,7,9,12H,4-6H2,1H3,(H,13,14). The van der Waals surface area contributed by atoms with Crippen LogP contribution in [0.2, 0.25) is 0 Å². The van der Waals surface area contributed by atoms with E-state index in [1.807, 2.05) is 28.8 Å². The molecule has 0 radical (unpaired) electrons. The number of carbonyl (C=O) groups is 1. The fourth-order valence-electron chi connectivity index (χ4n) is 1.38. The minimum absolute atomic E-state index is 0.200. The van der Waals surface area contributed by atoms with Crippen LogP contribution in [0.15, 0.2) is 16.8 Å². The molecule has 0 aliphatic carbocycles. The number of thiophene rings is 1. The number of aliphatic carboxylic acids is 1. The molecular weight excluding hydrogens is 214 g/mol. The normalized spacial score (nSPS) is 13.0. The maximum absolute atomic E-state index is 10.3. The maximum Gasteiger partial charge on any atom is 0.306 e. The molecule has 0 spiro atoms. The summed E-state index contributed by atoms with van der Waals surface area (Å²) in [4.78, 5) is 12.2. The molecule has 0 fully saturated rings. The largest absolute Gasteiger partial charge is 0.481 e. The van der Waals surface area contributed by atoms with Crippen LogP contribution in [-0.4, -0.2) is 40.8 Å². The second-order valence-electron chi connectivity index (χ2n) is 3.58. The quantitative estimate of drug-likeness (QED) is 0.764. The third kappa shape index (κ3) is 4.92. The Morgan fingerprint density at radius 2 is 2.40 bits per heavy atom. The van der Waals surface area contributed by atoms with Crippen LogP contribution in [0.5, 0.6) is 0 Å². The average molecular weight is 229 g/mol. The van der Waals surface area contributed by atoms with Gasteiger partial charge in [-0.1, -0.05) is 0 Å². The number of hydrogen-bond donors (Lipinski definition) is 2. The van der Waals surface area contributed by atoms with E-state index in [1.165, 1.54) is 5.56 Å². The zero-order chi connectivity index (χ0) is 11.3. The van der Waals surface area contributed by atoms with Crippen molar-refractivity contribution in [3.8, 4) is 0 Å². The molecule has 0 saturated carbocycles. The Balaban J connectivity index is 2.29. The lowest BCUT2D eigenvalue weighted by molar-refractivity contribution is -0.139. The van der Waals surface area contributed by atoms with E-state index in [-0.39, 0.29) is 6.42 Å². The van der Waals surface area contributed by atoms with Crippen molar-refractivity contribution in [1.82, 2.24) is 4.90 Å². The molecule has 5 heteroatoms. The molecule has 2 N–H and O–H groups in total. The summed E-state index contributed by atoms with van der Waals surface area (Å²) >= 11 is 1.63. The van der Waals surface area contributed by atoms with Crippen LogP contribution in [0.25, 0.3) is 0 Å². The predicted molar refractivity (Wildman–Crippen MR) is 58.9 cm³/mol. The van der Waals surface area contributed by atoms with Gasteiger partial charge in [-0.05, 0) is 29.4 Å². The number of likely N-dealkylation sites (N-methyl/N-ethyl adjacent to an activating group) is 1. The third-order valence-electron chi connectivity index (χ3n) is 1.97. The highest BCUT2D eigenvalue weighted by Crippen LogP contribution is 2.08. The van der Waals surface area contributed by atoms with E-state index in [4.69, 9.17) is 5.11 Å². The number of rotatable bonds is 6. The Hall–Kier alpha value is -0.910. The summed E-state index contributed by atoms with van der Waals surface area (Å²) in [6.07, 6.45) is -1.00. The molecule has 1 aromatic rings. The summed E-state index contributed by atoms with van der Waals surface area (Å²) in [6, 6.07) is 2.02. The van der Waals surface area contributed by atoms with E-state index in [2.05, 4.69) is 0 Å². The lowest BCUT2D eigenvalue weighted by atomic mass is 10.2. The van der Waals surface area contributed by atoms with Crippen LogP contribution in [-0.2, 0) is 11.3 Å². The van der Waals surface area contributed by atoms with Gasteiger partial charge < -0.3 is 10.2 Å². The van der Waals surface area contributed by atoms with E-state index in [0.717, 1.165) is 6.54 Å². The van der Waals surface area contributed by atoms with Gasteiger partial charge in [-0.2, -0.15) is 11.3 Å². The van der Waals surface area contributed by atoms with E-state index < -0.39 is 12.1 Å². The van der Waals surface area contributed by atoms with Crippen molar-refractivity contribution in [2.24, 2.45) is 0 Å². The molecule has 0 bridgehead atoms. The van der Waals surface area contributed by atoms with Crippen molar-refractivity contribution in [3.63, 3.8) is 0 Å². The molecule has 0 aliphatic heterocycles. The fourth-order valence-corrected chi connectivity index (χ4v) is 2.04. The lowest BCUT2D eigenvalue weighted by Crippen LogP contribution is -2.30. The van der Waals surface area contributed by atoms with Gasteiger partial charge >= 0.3 is 5.97 Å². The molecule has 84 valence electrons. The SMILES string of the molecule is CN(Cc1ccsc1)CC(O)CC(=O)O. The number of aliphatic hydroxyl groups is 1. The van der Waals surface area contributed by atoms with Crippen LogP contribution in [0, 0.1) is 0 Å². The molecule has 0 aromatic carbocycles. The molecule has 0 amide bonds. The van der Waals surface area contributed by atoms with Crippen LogP contribution in [0.1, 0.15) is 12.0 Å². The summed E-state index contributed by atoms with van der Waals surface area (Å²) in [6.45, 7) is 1.11. The molecule has 4 nitrogen and oxygen atoms in total. The minimum Gasteiger partial charge on any atom is -0.481 e. The highest BCUT2D eigenvalue weighted by atomic mass is 32.1. The highest BCUT2D eigenvalue weighted by molar-refractivity contribution is 7.07. The smallest absolute Gasteiger partial charge is 0.306 e. The predicted octanol–water partition coefficient (Wildman–Crippen LogP) is 1.02. The van der Waals surface area contributed by atoms with Gasteiger partial charge in [-0.15, -0.1) is 0 Å². The molecule has 1 rings (SSSR count). The number of carboxylic acid groups (broad SMARTS) is 1. The zero-order valence-electron chi connectivity index (χ0n) is 8.59. The van der Waals surface area contributed by atoms with Gasteiger partial charge in [0, 0.05) is 13.1 Å². The molecule has 1 atom stereocenters. The summed E-state index contributed by atoms with van der Waals surface area (Å²) < 4.78 is 0. The van der Waals surface area contributed by atoms with Gasteiger partial charge in [0.25, 0.3) is 0 Å². The molecule has 0 aliphatic rings. The topological polar surface area (TPSA) is 60.8 Å². The van der Waals surface area contributed by atoms with Gasteiger partial charge in [0.05, 0.1) is 12.5 Å². The van der Waals surface area contributed by atoms with Crippen LogP contribution < -0.4 is 0 Å². The summed E-state index contributed by atoms with van der Waals surface area (Å²) in [5.74, 6) is -0.966. The van der Waals surface area contributed by atoms with E-state index in [1.54, 1.807) is 11.3 Å². The second kappa shape index (κ2) is 5.85. The Morgan fingerprint density at radius 3 is 2.93 bits per heavy atom. The van der Waals surface area contributed by atoms with Crippen molar-refractivity contribution in [1.29, 1.82) is 0 Å². The first-order valence-electron chi connectivity index (χ1n) is 4.67. The molecule has 1 aromatic heterocycles. The molecule has 15 heavy (non-hydrogen) atoms. The third-order valence-corrected chi connectivity index (χ3v) is 2.70. The van der Waals surface area contributed by atoms with Crippen LogP contribution in [0.4, 0.5) is 0 Å². The number of nitrogens with zero attached hydrogens (tertiary/aromatic N) is 1. The molecule has 0 saturated heterocycles. The number of aliphatic hydroxyl groups excluding tert-OH is 1. The van der Waals surface area contributed by atoms with E-state index in [9.17, 15) is 9.90 Å². The zero-order valence-corrected chi connectivity index (χ0v) is 9.41. The first-order valence-corrected chi connectivity index (χ1v) is 5.61. The van der Waals surface area contributed by atoms with Gasteiger partial charge in [0.2, 0.25) is 0 Å².